The van der Waals surface area contributed by atoms with Crippen molar-refractivity contribution in [3.8, 4) is 5.69 Å². The summed E-state index contributed by atoms with van der Waals surface area (Å²) >= 11 is 6.61. The number of aliphatic hydroxyl groups is 1. The summed E-state index contributed by atoms with van der Waals surface area (Å²) < 4.78 is 40.8. The third kappa shape index (κ3) is 3.99. The number of aromatic nitrogens is 2. The second kappa shape index (κ2) is 7.57. The number of nitrogens with zero attached hydrogens (tertiary/aromatic N) is 4. The summed E-state index contributed by atoms with van der Waals surface area (Å²) in [6.07, 6.45) is -5.32. The van der Waals surface area contributed by atoms with E-state index in [9.17, 15) is 18.3 Å². The molecule has 2 aromatic rings. The summed E-state index contributed by atoms with van der Waals surface area (Å²) in [5.74, 6) is 0.646. The zero-order valence-corrected chi connectivity index (χ0v) is 16.8. The van der Waals surface area contributed by atoms with E-state index in [1.807, 2.05) is 59.7 Å². The first-order valence-corrected chi connectivity index (χ1v) is 9.42. The molecule has 1 aromatic carbocycles. The van der Waals surface area contributed by atoms with E-state index in [0.29, 0.717) is 23.3 Å². The first-order chi connectivity index (χ1) is 13.0. The molecule has 1 aromatic heterocycles. The second-order valence-corrected chi connectivity index (χ2v) is 7.88. The molecule has 0 spiro atoms. The van der Waals surface area contributed by atoms with Gasteiger partial charge < -0.3 is 10.0 Å². The molecule has 0 bridgehead atoms. The SMILES string of the molecule is Cc1ccc(-n2c(N(C)C)nc(CN3CCC(O)(C(F)(F)F)CC3)c2Cl)cc1. The fourth-order valence-electron chi connectivity index (χ4n) is 3.33. The summed E-state index contributed by atoms with van der Waals surface area (Å²) in [4.78, 5) is 8.30. The molecule has 0 aliphatic carbocycles. The number of hydrogen-bond acceptors (Lipinski definition) is 4. The van der Waals surface area contributed by atoms with Crippen molar-refractivity contribution in [2.45, 2.75) is 38.1 Å². The average molecular weight is 417 g/mol. The number of piperidine rings is 1. The quantitative estimate of drug-likeness (QED) is 0.823. The first kappa shape index (κ1) is 21.0. The van der Waals surface area contributed by atoms with Gasteiger partial charge >= 0.3 is 6.18 Å². The summed E-state index contributed by atoms with van der Waals surface area (Å²) in [5.41, 5.74) is -0.0211. The van der Waals surface area contributed by atoms with Crippen molar-refractivity contribution < 1.29 is 18.3 Å². The zero-order valence-electron chi connectivity index (χ0n) is 16.1. The van der Waals surface area contributed by atoms with Crippen molar-refractivity contribution in [1.82, 2.24) is 14.5 Å². The third-order valence-corrected chi connectivity index (χ3v) is 5.53. The highest BCUT2D eigenvalue weighted by Crippen LogP contribution is 2.39. The number of likely N-dealkylation sites (tertiary alicyclic amines) is 1. The summed E-state index contributed by atoms with van der Waals surface area (Å²) in [6, 6.07) is 7.86. The van der Waals surface area contributed by atoms with Crippen LogP contribution in [-0.2, 0) is 6.54 Å². The van der Waals surface area contributed by atoms with Crippen molar-refractivity contribution in [2.75, 3.05) is 32.1 Å². The summed E-state index contributed by atoms with van der Waals surface area (Å²) in [7, 11) is 3.72. The first-order valence-electron chi connectivity index (χ1n) is 9.05. The van der Waals surface area contributed by atoms with E-state index in [1.165, 1.54) is 0 Å². The van der Waals surface area contributed by atoms with E-state index in [1.54, 1.807) is 0 Å². The molecule has 3 rings (SSSR count). The Hall–Kier alpha value is -1.77. The Kier molecular flexibility index (Phi) is 5.67. The molecule has 1 saturated heterocycles. The van der Waals surface area contributed by atoms with Crippen LogP contribution in [0.4, 0.5) is 19.1 Å². The van der Waals surface area contributed by atoms with Crippen molar-refractivity contribution in [3.05, 3.63) is 40.7 Å². The molecular weight excluding hydrogens is 393 g/mol. The Balaban J connectivity index is 1.82. The predicted molar refractivity (Wildman–Crippen MR) is 103 cm³/mol. The maximum atomic E-state index is 13.0. The molecule has 5 nitrogen and oxygen atoms in total. The van der Waals surface area contributed by atoms with Crippen LogP contribution in [-0.4, -0.2) is 58.5 Å². The van der Waals surface area contributed by atoms with Gasteiger partial charge in [-0.3, -0.25) is 9.47 Å². The van der Waals surface area contributed by atoms with Crippen LogP contribution >= 0.6 is 11.6 Å². The summed E-state index contributed by atoms with van der Waals surface area (Å²) in [5, 5.41) is 10.3. The van der Waals surface area contributed by atoms with Crippen LogP contribution in [0.2, 0.25) is 5.15 Å². The van der Waals surface area contributed by atoms with Crippen LogP contribution in [0, 0.1) is 6.92 Å². The van der Waals surface area contributed by atoms with Crippen LogP contribution in [0.25, 0.3) is 5.69 Å². The van der Waals surface area contributed by atoms with Gasteiger partial charge in [-0.15, -0.1) is 0 Å². The minimum Gasteiger partial charge on any atom is -0.380 e. The minimum atomic E-state index is -4.61. The molecular formula is C19H24ClF3N4O. The van der Waals surface area contributed by atoms with E-state index in [-0.39, 0.29) is 25.9 Å². The number of aryl methyl sites for hydroxylation is 1. The van der Waals surface area contributed by atoms with Crippen LogP contribution < -0.4 is 4.90 Å². The van der Waals surface area contributed by atoms with Gasteiger partial charge in [-0.2, -0.15) is 13.2 Å². The number of imidazole rings is 1. The van der Waals surface area contributed by atoms with E-state index < -0.39 is 11.8 Å². The number of alkyl halides is 3. The molecule has 0 amide bonds. The third-order valence-electron chi connectivity index (χ3n) is 5.15. The molecule has 0 unspecified atom stereocenters. The van der Waals surface area contributed by atoms with E-state index in [2.05, 4.69) is 4.98 Å². The van der Waals surface area contributed by atoms with Crippen molar-refractivity contribution in [2.24, 2.45) is 0 Å². The number of halogens is 4. The van der Waals surface area contributed by atoms with Crippen LogP contribution in [0.1, 0.15) is 24.1 Å². The Morgan fingerprint density at radius 3 is 2.25 bits per heavy atom. The normalized spacial score (nSPS) is 17.7. The predicted octanol–water partition coefficient (Wildman–Crippen LogP) is 3.79. The molecule has 1 fully saturated rings. The van der Waals surface area contributed by atoms with E-state index >= 15 is 0 Å². The van der Waals surface area contributed by atoms with Gasteiger partial charge in [0.25, 0.3) is 0 Å². The minimum absolute atomic E-state index is 0.126. The molecule has 28 heavy (non-hydrogen) atoms. The molecule has 0 radical (unpaired) electrons. The average Bonchev–Trinajstić information content (AvgIpc) is 2.94. The van der Waals surface area contributed by atoms with Crippen LogP contribution in [0.15, 0.2) is 24.3 Å². The molecule has 1 aliphatic rings. The Morgan fingerprint density at radius 2 is 1.75 bits per heavy atom. The van der Waals surface area contributed by atoms with Gasteiger partial charge in [-0.25, -0.2) is 4.98 Å². The maximum absolute atomic E-state index is 13.0. The smallest absolute Gasteiger partial charge is 0.380 e. The van der Waals surface area contributed by atoms with Gasteiger partial charge in [-0.05, 0) is 31.9 Å². The Morgan fingerprint density at radius 1 is 1.18 bits per heavy atom. The molecule has 1 N–H and O–H groups in total. The van der Waals surface area contributed by atoms with Crippen molar-refractivity contribution in [3.63, 3.8) is 0 Å². The maximum Gasteiger partial charge on any atom is 0.417 e. The van der Waals surface area contributed by atoms with E-state index in [0.717, 1.165) is 11.3 Å². The lowest BCUT2D eigenvalue weighted by Crippen LogP contribution is -2.53. The van der Waals surface area contributed by atoms with Crippen molar-refractivity contribution >= 4 is 17.5 Å². The van der Waals surface area contributed by atoms with Gasteiger partial charge in [0.1, 0.15) is 5.15 Å². The molecule has 0 atom stereocenters. The largest absolute Gasteiger partial charge is 0.417 e. The van der Waals surface area contributed by atoms with Gasteiger partial charge in [0, 0.05) is 39.4 Å². The van der Waals surface area contributed by atoms with Crippen LogP contribution in [0.3, 0.4) is 0 Å². The fourth-order valence-corrected chi connectivity index (χ4v) is 3.61. The number of hydrogen-bond donors (Lipinski definition) is 1. The number of anilines is 1. The highest BCUT2D eigenvalue weighted by Gasteiger charge is 2.54. The van der Waals surface area contributed by atoms with Crippen LogP contribution in [0.5, 0.6) is 0 Å². The van der Waals surface area contributed by atoms with Gasteiger partial charge in [0.05, 0.1) is 5.69 Å². The number of rotatable bonds is 4. The highest BCUT2D eigenvalue weighted by molar-refractivity contribution is 6.30. The Labute approximate surface area is 167 Å². The molecule has 0 saturated carbocycles. The topological polar surface area (TPSA) is 44.5 Å². The number of benzene rings is 1. The fraction of sp³-hybridized carbons (Fsp3) is 0.526. The van der Waals surface area contributed by atoms with Gasteiger partial charge in [0.2, 0.25) is 5.95 Å². The van der Waals surface area contributed by atoms with Gasteiger partial charge in [-0.1, -0.05) is 29.3 Å². The van der Waals surface area contributed by atoms with Gasteiger partial charge in [0.15, 0.2) is 5.60 Å². The van der Waals surface area contributed by atoms with E-state index in [4.69, 9.17) is 11.6 Å². The zero-order chi connectivity index (χ0) is 20.7. The Bertz CT molecular complexity index is 825. The molecule has 2 heterocycles. The second-order valence-electron chi connectivity index (χ2n) is 7.52. The lowest BCUT2D eigenvalue weighted by Gasteiger charge is -2.38. The van der Waals surface area contributed by atoms with Crippen molar-refractivity contribution in [1.29, 1.82) is 0 Å². The standard InChI is InChI=1S/C19H24ClF3N4O/c1-13-4-6-14(7-5-13)27-16(20)15(24-17(27)25(2)3)12-26-10-8-18(28,9-11-26)19(21,22)23/h4-7,28H,8-12H2,1-3H3. The summed E-state index contributed by atoms with van der Waals surface area (Å²) in [6.45, 7) is 2.57. The monoisotopic (exact) mass is 416 g/mol. The molecule has 1 aliphatic heterocycles. The molecule has 154 valence electrons. The lowest BCUT2D eigenvalue weighted by molar-refractivity contribution is -0.272. The lowest BCUT2D eigenvalue weighted by atomic mass is 9.91. The highest BCUT2D eigenvalue weighted by atomic mass is 35.5. The molecule has 9 heteroatoms.